The van der Waals surface area contributed by atoms with Crippen molar-refractivity contribution in [2.75, 3.05) is 20.3 Å². The molecule has 0 atom stereocenters. The molecule has 0 N–H and O–H groups in total. The molecule has 1 aromatic carbocycles. The van der Waals surface area contributed by atoms with Crippen molar-refractivity contribution < 1.29 is 19.0 Å². The maximum Gasteiger partial charge on any atom is 0.310 e. The third-order valence-electron chi connectivity index (χ3n) is 2.31. The molecule has 0 amide bonds. The highest BCUT2D eigenvalue weighted by atomic mass is 16.6. The minimum atomic E-state index is -0.243. The highest BCUT2D eigenvalue weighted by molar-refractivity contribution is 5.72. The van der Waals surface area contributed by atoms with Crippen LogP contribution in [0.25, 0.3) is 0 Å². The van der Waals surface area contributed by atoms with Crippen molar-refractivity contribution in [2.45, 2.75) is 26.4 Å². The zero-order chi connectivity index (χ0) is 13.4. The van der Waals surface area contributed by atoms with Crippen molar-refractivity contribution in [3.63, 3.8) is 0 Å². The molecule has 0 spiro atoms. The van der Waals surface area contributed by atoms with Gasteiger partial charge in [-0.15, -0.1) is 0 Å². The van der Waals surface area contributed by atoms with E-state index in [0.29, 0.717) is 13.2 Å². The molecule has 0 heterocycles. The predicted molar refractivity (Wildman–Crippen MR) is 68.7 cm³/mol. The summed E-state index contributed by atoms with van der Waals surface area (Å²) in [6.07, 6.45) is 0.427. The molecule has 0 radical (unpaired) electrons. The van der Waals surface area contributed by atoms with Gasteiger partial charge in [-0.1, -0.05) is 12.1 Å². The second-order valence-electron chi connectivity index (χ2n) is 4.16. The molecule has 1 rings (SSSR count). The van der Waals surface area contributed by atoms with E-state index in [9.17, 15) is 4.79 Å². The summed E-state index contributed by atoms with van der Waals surface area (Å²) in [5, 5.41) is 0. The van der Waals surface area contributed by atoms with Crippen molar-refractivity contribution in [1.82, 2.24) is 0 Å². The third-order valence-corrected chi connectivity index (χ3v) is 2.31. The van der Waals surface area contributed by atoms with Crippen LogP contribution < -0.4 is 4.74 Å². The second kappa shape index (κ2) is 7.71. The Kier molecular flexibility index (Phi) is 6.22. The first-order valence-electron chi connectivity index (χ1n) is 6.02. The van der Waals surface area contributed by atoms with Crippen LogP contribution in [0.1, 0.15) is 19.4 Å². The van der Waals surface area contributed by atoms with Crippen molar-refractivity contribution in [3.8, 4) is 5.75 Å². The smallest absolute Gasteiger partial charge is 0.310 e. The summed E-state index contributed by atoms with van der Waals surface area (Å²) >= 11 is 0. The van der Waals surface area contributed by atoms with E-state index < -0.39 is 0 Å². The van der Waals surface area contributed by atoms with Gasteiger partial charge in [0.1, 0.15) is 12.4 Å². The summed E-state index contributed by atoms with van der Waals surface area (Å²) in [6, 6.07) is 7.35. The molecule has 0 aliphatic rings. The maximum atomic E-state index is 11.5. The number of rotatable bonds is 7. The second-order valence-corrected chi connectivity index (χ2v) is 4.16. The summed E-state index contributed by atoms with van der Waals surface area (Å²) in [5.74, 6) is 0.532. The van der Waals surface area contributed by atoms with Gasteiger partial charge in [-0.3, -0.25) is 4.79 Å². The topological polar surface area (TPSA) is 44.8 Å². The lowest BCUT2D eigenvalue weighted by Gasteiger charge is -2.08. The van der Waals surface area contributed by atoms with E-state index in [1.807, 2.05) is 38.1 Å². The van der Waals surface area contributed by atoms with Crippen LogP contribution in [0.2, 0.25) is 0 Å². The Labute approximate surface area is 108 Å². The van der Waals surface area contributed by atoms with Crippen LogP contribution in [0.4, 0.5) is 0 Å². The Morgan fingerprint density at radius 3 is 2.39 bits per heavy atom. The summed E-state index contributed by atoms with van der Waals surface area (Å²) in [7, 11) is 1.61. The van der Waals surface area contributed by atoms with E-state index in [-0.39, 0.29) is 18.5 Å². The zero-order valence-corrected chi connectivity index (χ0v) is 11.1. The molecule has 0 fully saturated rings. The number of benzene rings is 1. The van der Waals surface area contributed by atoms with Crippen molar-refractivity contribution in [2.24, 2.45) is 0 Å². The quantitative estimate of drug-likeness (QED) is 0.551. The number of methoxy groups -OCH3 is 1. The van der Waals surface area contributed by atoms with E-state index in [2.05, 4.69) is 0 Å². The van der Waals surface area contributed by atoms with Crippen LogP contribution in [0.3, 0.4) is 0 Å². The molecule has 4 heteroatoms. The molecule has 0 aliphatic heterocycles. The first kappa shape index (κ1) is 14.5. The van der Waals surface area contributed by atoms with Crippen molar-refractivity contribution in [3.05, 3.63) is 29.8 Å². The Morgan fingerprint density at radius 1 is 1.17 bits per heavy atom. The van der Waals surface area contributed by atoms with Crippen LogP contribution >= 0.6 is 0 Å². The maximum absolute atomic E-state index is 11.5. The van der Waals surface area contributed by atoms with Gasteiger partial charge in [0.25, 0.3) is 0 Å². The molecule has 0 bridgehead atoms. The number of carbonyl (C=O) groups is 1. The Bertz CT molecular complexity index is 357. The first-order valence-corrected chi connectivity index (χ1v) is 6.02. The minimum absolute atomic E-state index is 0.158. The largest absolute Gasteiger partial charge is 0.497 e. The molecule has 0 saturated heterocycles. The fourth-order valence-electron chi connectivity index (χ4n) is 1.40. The SMILES string of the molecule is COc1ccc(CC(=O)OCCOC(C)C)cc1. The predicted octanol–water partition coefficient (Wildman–Crippen LogP) is 2.21. The van der Waals surface area contributed by atoms with Crippen molar-refractivity contribution >= 4 is 5.97 Å². The first-order chi connectivity index (χ1) is 8.61. The van der Waals surface area contributed by atoms with Gasteiger partial charge < -0.3 is 14.2 Å². The molecule has 0 saturated carbocycles. The standard InChI is InChI=1S/C14H20O4/c1-11(2)17-8-9-18-14(15)10-12-4-6-13(16-3)7-5-12/h4-7,11H,8-10H2,1-3H3. The fourth-order valence-corrected chi connectivity index (χ4v) is 1.40. The highest BCUT2D eigenvalue weighted by Crippen LogP contribution is 2.11. The van der Waals surface area contributed by atoms with Crippen LogP contribution in [0, 0.1) is 0 Å². The number of carbonyl (C=O) groups excluding carboxylic acids is 1. The lowest BCUT2D eigenvalue weighted by Crippen LogP contribution is -2.14. The van der Waals surface area contributed by atoms with Gasteiger partial charge >= 0.3 is 5.97 Å². The van der Waals surface area contributed by atoms with E-state index >= 15 is 0 Å². The average molecular weight is 252 g/mol. The van der Waals surface area contributed by atoms with Gasteiger partial charge in [0.05, 0.1) is 26.2 Å². The van der Waals surface area contributed by atoms with Crippen LogP contribution in [-0.4, -0.2) is 32.4 Å². The highest BCUT2D eigenvalue weighted by Gasteiger charge is 2.05. The number of hydrogen-bond acceptors (Lipinski definition) is 4. The molecule has 0 unspecified atom stereocenters. The van der Waals surface area contributed by atoms with Gasteiger partial charge in [-0.25, -0.2) is 0 Å². The van der Waals surface area contributed by atoms with Crippen LogP contribution in [-0.2, 0) is 20.7 Å². The van der Waals surface area contributed by atoms with Crippen LogP contribution in [0.5, 0.6) is 5.75 Å². The summed E-state index contributed by atoms with van der Waals surface area (Å²) in [5.41, 5.74) is 0.908. The monoisotopic (exact) mass is 252 g/mol. The third kappa shape index (κ3) is 5.68. The number of hydrogen-bond donors (Lipinski definition) is 0. The minimum Gasteiger partial charge on any atom is -0.497 e. The fraction of sp³-hybridized carbons (Fsp3) is 0.500. The normalized spacial score (nSPS) is 10.4. The van der Waals surface area contributed by atoms with E-state index in [0.717, 1.165) is 11.3 Å². The Balaban J connectivity index is 2.26. The molecular formula is C14H20O4. The molecule has 18 heavy (non-hydrogen) atoms. The summed E-state index contributed by atoms with van der Waals surface area (Å²) in [6.45, 7) is 4.62. The molecule has 100 valence electrons. The lowest BCUT2D eigenvalue weighted by molar-refractivity contribution is -0.144. The lowest BCUT2D eigenvalue weighted by atomic mass is 10.1. The van der Waals surface area contributed by atoms with Gasteiger partial charge in [-0.05, 0) is 31.5 Å². The zero-order valence-electron chi connectivity index (χ0n) is 11.1. The summed E-state index contributed by atoms with van der Waals surface area (Å²) < 4.78 is 15.4. The van der Waals surface area contributed by atoms with Crippen LogP contribution in [0.15, 0.2) is 24.3 Å². The number of esters is 1. The Hall–Kier alpha value is -1.55. The molecule has 4 nitrogen and oxygen atoms in total. The van der Waals surface area contributed by atoms with E-state index in [1.165, 1.54) is 0 Å². The molecular weight excluding hydrogens is 232 g/mol. The Morgan fingerprint density at radius 2 is 1.83 bits per heavy atom. The summed E-state index contributed by atoms with van der Waals surface area (Å²) in [4.78, 5) is 11.5. The molecule has 0 aromatic heterocycles. The van der Waals surface area contributed by atoms with Gasteiger partial charge in [0.2, 0.25) is 0 Å². The molecule has 1 aromatic rings. The average Bonchev–Trinajstić information content (AvgIpc) is 2.35. The molecule has 0 aliphatic carbocycles. The number of ether oxygens (including phenoxy) is 3. The van der Waals surface area contributed by atoms with Gasteiger partial charge in [-0.2, -0.15) is 0 Å². The van der Waals surface area contributed by atoms with Crippen molar-refractivity contribution in [1.29, 1.82) is 0 Å². The van der Waals surface area contributed by atoms with E-state index in [4.69, 9.17) is 14.2 Å². The van der Waals surface area contributed by atoms with E-state index in [1.54, 1.807) is 7.11 Å². The van der Waals surface area contributed by atoms with Gasteiger partial charge in [0, 0.05) is 0 Å². The van der Waals surface area contributed by atoms with Gasteiger partial charge in [0.15, 0.2) is 0 Å².